The van der Waals surface area contributed by atoms with Gasteiger partial charge in [0.25, 0.3) is 5.56 Å². The molecule has 0 aliphatic rings. The van der Waals surface area contributed by atoms with Gasteiger partial charge in [0.05, 0.1) is 11.7 Å². The number of halogens is 1. The fourth-order valence-electron chi connectivity index (χ4n) is 2.30. The van der Waals surface area contributed by atoms with E-state index in [0.29, 0.717) is 11.1 Å². The van der Waals surface area contributed by atoms with Crippen LogP contribution in [0, 0.1) is 17.4 Å². The molecule has 2 aromatic heterocycles. The van der Waals surface area contributed by atoms with E-state index in [1.165, 1.54) is 22.2 Å². The van der Waals surface area contributed by atoms with Gasteiger partial charge >= 0.3 is 0 Å². The number of hydrogen-bond donors (Lipinski definition) is 1. The van der Waals surface area contributed by atoms with E-state index in [1.54, 1.807) is 0 Å². The Hall–Kier alpha value is -1.74. The highest BCUT2D eigenvalue weighted by molar-refractivity contribution is 14.1. The van der Waals surface area contributed by atoms with Crippen LogP contribution in [0.1, 0.15) is 10.4 Å². The normalized spacial score (nSPS) is 10.9. The minimum atomic E-state index is -0.250. The number of amides is 1. The van der Waals surface area contributed by atoms with Crippen molar-refractivity contribution in [1.82, 2.24) is 9.55 Å². The Morgan fingerprint density at radius 3 is 2.91 bits per heavy atom. The summed E-state index contributed by atoms with van der Waals surface area (Å²) in [6.07, 6.45) is 1.44. The van der Waals surface area contributed by atoms with Crippen LogP contribution in [0.15, 0.2) is 35.4 Å². The van der Waals surface area contributed by atoms with E-state index in [9.17, 15) is 9.59 Å². The third-order valence-corrected chi connectivity index (χ3v) is 5.36. The first-order valence-corrected chi connectivity index (χ1v) is 8.86. The predicted molar refractivity (Wildman–Crippen MR) is 101 cm³/mol. The Morgan fingerprint density at radius 2 is 2.17 bits per heavy atom. The first kappa shape index (κ1) is 16.1. The maximum absolute atomic E-state index is 12.6. The lowest BCUT2D eigenvalue weighted by Gasteiger charge is -2.07. The second kappa shape index (κ2) is 6.40. The number of carbonyl (C=O) groups is 1. The van der Waals surface area contributed by atoms with Crippen LogP contribution in [0.3, 0.4) is 0 Å². The van der Waals surface area contributed by atoms with Gasteiger partial charge in [0.15, 0.2) is 0 Å². The fourth-order valence-corrected chi connectivity index (χ4v) is 3.83. The van der Waals surface area contributed by atoms with Crippen LogP contribution in [0.4, 0.5) is 5.69 Å². The van der Waals surface area contributed by atoms with Crippen molar-refractivity contribution in [2.75, 3.05) is 5.32 Å². The van der Waals surface area contributed by atoms with Crippen molar-refractivity contribution in [3.63, 3.8) is 0 Å². The molecule has 1 N–H and O–H groups in total. The van der Waals surface area contributed by atoms with Gasteiger partial charge in [0, 0.05) is 14.1 Å². The van der Waals surface area contributed by atoms with Gasteiger partial charge in [-0.05, 0) is 60.2 Å². The Morgan fingerprint density at radius 1 is 1.39 bits per heavy atom. The molecule has 7 heteroatoms. The number of anilines is 1. The first-order valence-electron chi connectivity index (χ1n) is 6.96. The number of thiophene rings is 1. The summed E-state index contributed by atoms with van der Waals surface area (Å²) in [5, 5.41) is 3.41. The molecule has 0 fully saturated rings. The number of rotatable bonds is 3. The number of nitrogens with zero attached hydrogens (tertiary/aromatic N) is 2. The van der Waals surface area contributed by atoms with Crippen molar-refractivity contribution < 1.29 is 4.79 Å². The highest BCUT2D eigenvalue weighted by Crippen LogP contribution is 2.25. The van der Waals surface area contributed by atoms with Crippen LogP contribution < -0.4 is 10.9 Å². The van der Waals surface area contributed by atoms with Gasteiger partial charge in [-0.15, -0.1) is 11.3 Å². The van der Waals surface area contributed by atoms with Gasteiger partial charge < -0.3 is 5.32 Å². The molecular formula is C16H14IN3O2S. The van der Waals surface area contributed by atoms with Gasteiger partial charge in [0.1, 0.15) is 11.4 Å². The molecule has 118 valence electrons. The maximum Gasteiger partial charge on any atom is 0.262 e. The van der Waals surface area contributed by atoms with E-state index in [0.717, 1.165) is 18.8 Å². The summed E-state index contributed by atoms with van der Waals surface area (Å²) in [6.45, 7) is 3.82. The van der Waals surface area contributed by atoms with Gasteiger partial charge in [0.2, 0.25) is 5.91 Å². The Bertz CT molecular complexity index is 962. The smallest absolute Gasteiger partial charge is 0.262 e. The van der Waals surface area contributed by atoms with Gasteiger partial charge in [-0.3, -0.25) is 14.2 Å². The molecule has 0 saturated carbocycles. The van der Waals surface area contributed by atoms with Crippen molar-refractivity contribution in [1.29, 1.82) is 0 Å². The average molecular weight is 439 g/mol. The quantitative estimate of drug-likeness (QED) is 0.637. The summed E-state index contributed by atoms with van der Waals surface area (Å²) in [5.74, 6) is -0.250. The van der Waals surface area contributed by atoms with Gasteiger partial charge in [-0.25, -0.2) is 4.98 Å². The molecule has 1 amide bonds. The van der Waals surface area contributed by atoms with Crippen LogP contribution in [0.25, 0.3) is 10.2 Å². The molecule has 0 unspecified atom stereocenters. The zero-order valence-electron chi connectivity index (χ0n) is 12.6. The first-order chi connectivity index (χ1) is 11.0. The van der Waals surface area contributed by atoms with E-state index in [2.05, 4.69) is 32.9 Å². The van der Waals surface area contributed by atoms with Crippen LogP contribution in [-0.2, 0) is 11.3 Å². The number of fused-ring (bicyclic) bond motifs is 1. The maximum atomic E-state index is 12.6. The third-order valence-electron chi connectivity index (χ3n) is 3.58. The molecule has 2 heterocycles. The Labute approximate surface area is 150 Å². The number of nitrogens with one attached hydrogen (secondary N) is 1. The monoisotopic (exact) mass is 439 g/mol. The average Bonchev–Trinajstić information content (AvgIpc) is 2.78. The second-order valence-electron chi connectivity index (χ2n) is 5.20. The number of aromatic nitrogens is 2. The molecule has 3 aromatic rings. The summed E-state index contributed by atoms with van der Waals surface area (Å²) in [4.78, 5) is 30.8. The van der Waals surface area contributed by atoms with Crippen LogP contribution in [-0.4, -0.2) is 15.5 Å². The zero-order chi connectivity index (χ0) is 16.6. The van der Waals surface area contributed by atoms with E-state index in [1.807, 2.05) is 38.1 Å². The summed E-state index contributed by atoms with van der Waals surface area (Å²) < 4.78 is 2.38. The molecule has 0 saturated heterocycles. The lowest BCUT2D eigenvalue weighted by Crippen LogP contribution is -2.27. The van der Waals surface area contributed by atoms with E-state index in [-0.39, 0.29) is 18.0 Å². The summed E-state index contributed by atoms with van der Waals surface area (Å²) in [7, 11) is 0. The highest BCUT2D eigenvalue weighted by atomic mass is 127. The number of aryl methyl sites for hydroxylation is 2. The summed E-state index contributed by atoms with van der Waals surface area (Å²) in [5.41, 5.74) is 1.48. The molecule has 3 rings (SSSR count). The van der Waals surface area contributed by atoms with Crippen LogP contribution in [0.2, 0.25) is 0 Å². The minimum Gasteiger partial charge on any atom is -0.325 e. The molecular weight excluding hydrogens is 425 g/mol. The number of benzene rings is 1. The van der Waals surface area contributed by atoms with Crippen LogP contribution >= 0.6 is 33.9 Å². The van der Waals surface area contributed by atoms with Crippen LogP contribution in [0.5, 0.6) is 0 Å². The summed E-state index contributed by atoms with van der Waals surface area (Å²) >= 11 is 3.68. The largest absolute Gasteiger partial charge is 0.325 e. The molecule has 5 nitrogen and oxygen atoms in total. The zero-order valence-corrected chi connectivity index (χ0v) is 15.6. The molecule has 0 radical (unpaired) electrons. The lowest BCUT2D eigenvalue weighted by atomic mass is 10.2. The van der Waals surface area contributed by atoms with Gasteiger partial charge in [-0.2, -0.15) is 0 Å². The van der Waals surface area contributed by atoms with E-state index in [4.69, 9.17) is 0 Å². The molecule has 0 atom stereocenters. The van der Waals surface area contributed by atoms with Crippen molar-refractivity contribution in [2.45, 2.75) is 20.4 Å². The van der Waals surface area contributed by atoms with Crippen molar-refractivity contribution in [3.8, 4) is 0 Å². The van der Waals surface area contributed by atoms with E-state index >= 15 is 0 Å². The molecule has 0 spiro atoms. The SMILES string of the molecule is Cc1sc2ncn(CC(=O)Nc3cccc(I)c3)c(=O)c2c1C. The molecule has 0 aliphatic heterocycles. The number of hydrogen-bond acceptors (Lipinski definition) is 4. The summed E-state index contributed by atoms with van der Waals surface area (Å²) in [6, 6.07) is 7.50. The highest BCUT2D eigenvalue weighted by Gasteiger charge is 2.13. The van der Waals surface area contributed by atoms with Gasteiger partial charge in [-0.1, -0.05) is 6.07 Å². The standard InChI is InChI=1S/C16H14IN3O2S/c1-9-10(2)23-15-14(9)16(22)20(8-18-15)7-13(21)19-12-5-3-4-11(17)6-12/h3-6,8H,7H2,1-2H3,(H,19,21). The van der Waals surface area contributed by atoms with Crippen molar-refractivity contribution in [2.24, 2.45) is 0 Å². The van der Waals surface area contributed by atoms with E-state index < -0.39 is 0 Å². The third kappa shape index (κ3) is 3.30. The number of carbonyl (C=O) groups excluding carboxylic acids is 1. The Kier molecular flexibility index (Phi) is 4.49. The van der Waals surface area contributed by atoms with Crippen molar-refractivity contribution >= 4 is 55.7 Å². The molecule has 0 bridgehead atoms. The Balaban J connectivity index is 1.86. The predicted octanol–water partition coefficient (Wildman–Crippen LogP) is 3.32. The molecule has 1 aromatic carbocycles. The lowest BCUT2D eigenvalue weighted by molar-refractivity contribution is -0.116. The molecule has 0 aliphatic carbocycles. The molecule has 23 heavy (non-hydrogen) atoms. The second-order valence-corrected chi connectivity index (χ2v) is 7.65. The van der Waals surface area contributed by atoms with Crippen molar-refractivity contribution in [3.05, 3.63) is 55.0 Å². The fraction of sp³-hybridized carbons (Fsp3) is 0.188. The minimum absolute atomic E-state index is 0.0540. The topological polar surface area (TPSA) is 64.0 Å².